The van der Waals surface area contributed by atoms with Crippen molar-refractivity contribution in [3.05, 3.63) is 24.3 Å². The van der Waals surface area contributed by atoms with Gasteiger partial charge in [-0.15, -0.1) is 0 Å². The van der Waals surface area contributed by atoms with Crippen molar-refractivity contribution in [3.63, 3.8) is 0 Å². The summed E-state index contributed by atoms with van der Waals surface area (Å²) in [5.74, 6) is -0.856. The summed E-state index contributed by atoms with van der Waals surface area (Å²) in [6.45, 7) is 6.68. The van der Waals surface area contributed by atoms with Crippen LogP contribution in [0.1, 0.15) is 419 Å². The molecule has 0 rings (SSSR count). The van der Waals surface area contributed by atoms with E-state index >= 15 is 0 Å². The summed E-state index contributed by atoms with van der Waals surface area (Å²) in [7, 11) is 0. The Morgan fingerprint density at radius 2 is 0.444 bits per heavy atom. The van der Waals surface area contributed by atoms with Crippen LogP contribution in [-0.4, -0.2) is 37.2 Å². The third-order valence-corrected chi connectivity index (χ3v) is 17.0. The smallest absolute Gasteiger partial charge is 0.306 e. The molecule has 0 aliphatic carbocycles. The summed E-state index contributed by atoms with van der Waals surface area (Å²) < 4.78 is 17.0. The second kappa shape index (κ2) is 70.4. The lowest BCUT2D eigenvalue weighted by Gasteiger charge is -2.18. The largest absolute Gasteiger partial charge is 0.462 e. The van der Waals surface area contributed by atoms with E-state index in [1.54, 1.807) is 0 Å². The third-order valence-electron chi connectivity index (χ3n) is 17.0. The van der Waals surface area contributed by atoms with E-state index in [1.165, 1.54) is 302 Å². The predicted molar refractivity (Wildman–Crippen MR) is 353 cm³/mol. The van der Waals surface area contributed by atoms with E-state index in [2.05, 4.69) is 45.1 Å². The summed E-state index contributed by atoms with van der Waals surface area (Å²) in [5.41, 5.74) is 0. The molecular formula is C75H142O6. The Morgan fingerprint density at radius 3 is 0.704 bits per heavy atom. The van der Waals surface area contributed by atoms with Gasteiger partial charge in [-0.3, -0.25) is 14.4 Å². The molecule has 1 unspecified atom stereocenters. The molecule has 478 valence electrons. The number of unbranched alkanes of at least 4 members (excludes halogenated alkanes) is 54. The summed E-state index contributed by atoms with van der Waals surface area (Å²) in [6, 6.07) is 0. The quantitative estimate of drug-likeness (QED) is 0.0261. The van der Waals surface area contributed by atoms with Crippen LogP contribution < -0.4 is 0 Å². The summed E-state index contributed by atoms with van der Waals surface area (Å²) in [6.07, 6.45) is 86.7. The van der Waals surface area contributed by atoms with Crippen molar-refractivity contribution < 1.29 is 28.6 Å². The highest BCUT2D eigenvalue weighted by Gasteiger charge is 2.19. The first-order chi connectivity index (χ1) is 40.0. The molecule has 0 saturated carbocycles. The van der Waals surface area contributed by atoms with Crippen LogP contribution in [0.3, 0.4) is 0 Å². The number of hydrogen-bond acceptors (Lipinski definition) is 6. The molecule has 0 radical (unpaired) electrons. The molecule has 0 aromatic heterocycles. The molecule has 0 amide bonds. The van der Waals surface area contributed by atoms with E-state index in [-0.39, 0.29) is 31.1 Å². The zero-order valence-corrected chi connectivity index (χ0v) is 55.1. The van der Waals surface area contributed by atoms with Crippen LogP contribution in [0.4, 0.5) is 0 Å². The number of rotatable bonds is 69. The minimum Gasteiger partial charge on any atom is -0.462 e. The number of hydrogen-bond donors (Lipinski definition) is 0. The highest BCUT2D eigenvalue weighted by Crippen LogP contribution is 2.19. The van der Waals surface area contributed by atoms with Crippen molar-refractivity contribution in [2.24, 2.45) is 0 Å². The van der Waals surface area contributed by atoms with Gasteiger partial charge in [0.05, 0.1) is 0 Å². The molecule has 1 atom stereocenters. The molecule has 81 heavy (non-hydrogen) atoms. The number of carbonyl (C=O) groups is 3. The van der Waals surface area contributed by atoms with Gasteiger partial charge in [0, 0.05) is 19.3 Å². The van der Waals surface area contributed by atoms with Gasteiger partial charge in [-0.2, -0.15) is 0 Å². The number of ether oxygens (including phenoxy) is 3. The Hall–Kier alpha value is -2.11. The molecule has 0 saturated heterocycles. The maximum Gasteiger partial charge on any atom is 0.306 e. The Kier molecular flexibility index (Phi) is 68.5. The molecule has 0 fully saturated rings. The summed E-state index contributed by atoms with van der Waals surface area (Å²) in [4.78, 5) is 38.3. The second-order valence-corrected chi connectivity index (χ2v) is 25.2. The van der Waals surface area contributed by atoms with Gasteiger partial charge < -0.3 is 14.2 Å². The van der Waals surface area contributed by atoms with Crippen molar-refractivity contribution in [2.45, 2.75) is 425 Å². The van der Waals surface area contributed by atoms with Gasteiger partial charge >= 0.3 is 17.9 Å². The molecule has 0 aromatic carbocycles. The first kappa shape index (κ1) is 78.9. The van der Waals surface area contributed by atoms with Crippen molar-refractivity contribution in [1.29, 1.82) is 0 Å². The van der Waals surface area contributed by atoms with Gasteiger partial charge in [-0.05, 0) is 51.4 Å². The predicted octanol–water partition coefficient (Wildman–Crippen LogP) is 25.3. The van der Waals surface area contributed by atoms with E-state index in [9.17, 15) is 14.4 Å². The van der Waals surface area contributed by atoms with Crippen molar-refractivity contribution in [1.82, 2.24) is 0 Å². The highest BCUT2D eigenvalue weighted by molar-refractivity contribution is 5.71. The normalized spacial score (nSPS) is 12.1. The van der Waals surface area contributed by atoms with Gasteiger partial charge in [0.2, 0.25) is 0 Å². The van der Waals surface area contributed by atoms with Gasteiger partial charge in [0.15, 0.2) is 6.10 Å². The standard InChI is InChI=1S/C75H142O6/c1-4-7-10-13-16-19-22-25-27-28-29-30-31-32-33-34-35-36-37-38-39-40-41-42-43-44-45-46-48-50-53-56-59-62-65-68-74(77)80-71-72(70-79-73(76)67-64-61-58-55-52-49-24-21-18-15-12-9-6-3)81-75(78)69-66-63-60-57-54-51-47-26-23-20-17-14-11-8-5-2/h17,20,26,47,72H,4-16,18-19,21-25,27-46,48-71H2,1-3H3/b20-17-,47-26-. The molecule has 0 N–H and O–H groups in total. The van der Waals surface area contributed by atoms with Crippen LogP contribution in [0.25, 0.3) is 0 Å². The molecule has 0 aromatic rings. The maximum atomic E-state index is 12.9. The van der Waals surface area contributed by atoms with Crippen LogP contribution in [0.15, 0.2) is 24.3 Å². The van der Waals surface area contributed by atoms with Crippen molar-refractivity contribution >= 4 is 17.9 Å². The Morgan fingerprint density at radius 1 is 0.247 bits per heavy atom. The third kappa shape index (κ3) is 68.6. The first-order valence-electron chi connectivity index (χ1n) is 36.8. The van der Waals surface area contributed by atoms with Gasteiger partial charge in [0.25, 0.3) is 0 Å². The lowest BCUT2D eigenvalue weighted by atomic mass is 10.0. The van der Waals surface area contributed by atoms with E-state index in [1.807, 2.05) is 0 Å². The minimum absolute atomic E-state index is 0.0710. The molecule has 0 aliphatic rings. The Bertz CT molecular complexity index is 1310. The topological polar surface area (TPSA) is 78.9 Å². The fraction of sp³-hybridized carbons (Fsp3) is 0.907. The van der Waals surface area contributed by atoms with Crippen LogP contribution in [0.5, 0.6) is 0 Å². The molecular weight excluding hydrogens is 997 g/mol. The lowest BCUT2D eigenvalue weighted by Crippen LogP contribution is -2.30. The average molecular weight is 1140 g/mol. The van der Waals surface area contributed by atoms with E-state index < -0.39 is 6.10 Å². The van der Waals surface area contributed by atoms with Crippen LogP contribution >= 0.6 is 0 Å². The zero-order valence-electron chi connectivity index (χ0n) is 55.1. The van der Waals surface area contributed by atoms with E-state index in [0.29, 0.717) is 19.3 Å². The number of allylic oxidation sites excluding steroid dienone is 4. The Labute approximate surface area is 506 Å². The Balaban J connectivity index is 4.03. The van der Waals surface area contributed by atoms with E-state index in [0.717, 1.165) is 77.0 Å². The second-order valence-electron chi connectivity index (χ2n) is 25.2. The molecule has 0 heterocycles. The molecule has 6 heteroatoms. The minimum atomic E-state index is -0.775. The number of carbonyl (C=O) groups excluding carboxylic acids is 3. The maximum absolute atomic E-state index is 12.9. The molecule has 0 bridgehead atoms. The summed E-state index contributed by atoms with van der Waals surface area (Å²) >= 11 is 0. The fourth-order valence-corrected chi connectivity index (χ4v) is 11.4. The van der Waals surface area contributed by atoms with Gasteiger partial charge in [0.1, 0.15) is 13.2 Å². The fourth-order valence-electron chi connectivity index (χ4n) is 11.4. The highest BCUT2D eigenvalue weighted by atomic mass is 16.6. The molecule has 6 nitrogen and oxygen atoms in total. The van der Waals surface area contributed by atoms with Crippen molar-refractivity contribution in [3.8, 4) is 0 Å². The van der Waals surface area contributed by atoms with E-state index in [4.69, 9.17) is 14.2 Å². The molecule has 0 aliphatic heterocycles. The van der Waals surface area contributed by atoms with Crippen LogP contribution in [0.2, 0.25) is 0 Å². The molecule has 0 spiro atoms. The summed E-state index contributed by atoms with van der Waals surface area (Å²) in [5, 5.41) is 0. The van der Waals surface area contributed by atoms with Gasteiger partial charge in [-0.25, -0.2) is 0 Å². The van der Waals surface area contributed by atoms with Crippen LogP contribution in [0, 0.1) is 0 Å². The zero-order chi connectivity index (χ0) is 58.5. The monoisotopic (exact) mass is 1140 g/mol. The lowest BCUT2D eigenvalue weighted by molar-refractivity contribution is -0.167. The van der Waals surface area contributed by atoms with Gasteiger partial charge in [-0.1, -0.05) is 373 Å². The first-order valence-corrected chi connectivity index (χ1v) is 36.8. The van der Waals surface area contributed by atoms with Crippen LogP contribution in [-0.2, 0) is 28.6 Å². The number of esters is 3. The van der Waals surface area contributed by atoms with Crippen molar-refractivity contribution in [2.75, 3.05) is 13.2 Å². The SMILES string of the molecule is CCCCC/C=C\C/C=C\CCCCCCCC(=O)OC(COC(=O)CCCCCCCCCCCCCCC)COC(=O)CCCCCCCCCCCCCCCCCCCCCCCCCCCCCCCCCCCCC. The average Bonchev–Trinajstić information content (AvgIpc) is 3.46.